The number of aryl methyl sites for hydroxylation is 1. The van der Waals surface area contributed by atoms with Gasteiger partial charge in [0.2, 0.25) is 5.75 Å². The minimum atomic E-state index is -1.16. The maximum absolute atomic E-state index is 14.1. The van der Waals surface area contributed by atoms with Crippen molar-refractivity contribution >= 4 is 28.7 Å². The molecule has 2 heterocycles. The van der Waals surface area contributed by atoms with Gasteiger partial charge < -0.3 is 30.5 Å². The standard InChI is InChI=1S/C21H27F2N5O5S/c1-12-8-16(23)13(9-15(12)22)11-32-18-17(33-20(24)30)19(34-27-18)26-21(31)25-5-2-3-6-28-7-4-14(29)10-28/h8-9,14,29H,2-7,10-11H2,1H3,(H2,24,30)(H2,25,26,31). The van der Waals surface area contributed by atoms with Crippen LogP contribution < -0.4 is 25.8 Å². The number of likely N-dealkylation sites (tertiary alicyclic amines) is 1. The largest absolute Gasteiger partial charge is 0.469 e. The van der Waals surface area contributed by atoms with Gasteiger partial charge in [0.15, 0.2) is 5.00 Å². The van der Waals surface area contributed by atoms with Crippen molar-refractivity contribution in [2.75, 3.05) is 31.5 Å². The van der Waals surface area contributed by atoms with E-state index in [9.17, 15) is 23.5 Å². The Bertz CT molecular complexity index is 1020. The molecule has 0 saturated carbocycles. The average molecular weight is 500 g/mol. The molecule has 10 nitrogen and oxygen atoms in total. The molecule has 2 aromatic rings. The molecule has 13 heteroatoms. The highest BCUT2D eigenvalue weighted by molar-refractivity contribution is 7.11. The number of carbonyl (C=O) groups is 2. The molecule has 5 N–H and O–H groups in total. The van der Waals surface area contributed by atoms with Gasteiger partial charge in [-0.25, -0.2) is 18.4 Å². The minimum Gasteiger partial charge on any atom is -0.469 e. The van der Waals surface area contributed by atoms with Gasteiger partial charge in [-0.3, -0.25) is 5.32 Å². The lowest BCUT2D eigenvalue weighted by Gasteiger charge is -2.14. The summed E-state index contributed by atoms with van der Waals surface area (Å²) in [5, 5.41) is 14.8. The Hall–Kier alpha value is -3.03. The van der Waals surface area contributed by atoms with Crippen molar-refractivity contribution in [1.82, 2.24) is 14.6 Å². The number of carbonyl (C=O) groups excluding carboxylic acids is 2. The molecule has 1 aliphatic rings. The molecule has 186 valence electrons. The van der Waals surface area contributed by atoms with E-state index < -0.39 is 23.8 Å². The summed E-state index contributed by atoms with van der Waals surface area (Å²) >= 11 is 0.774. The number of urea groups is 1. The first-order valence-corrected chi connectivity index (χ1v) is 11.5. The molecule has 0 bridgehead atoms. The van der Waals surface area contributed by atoms with E-state index in [2.05, 4.69) is 19.9 Å². The van der Waals surface area contributed by atoms with Crippen molar-refractivity contribution < 1.29 is 33.0 Å². The number of aliphatic hydroxyl groups excluding tert-OH is 1. The highest BCUT2D eigenvalue weighted by Gasteiger charge is 2.22. The molecule has 0 aliphatic carbocycles. The van der Waals surface area contributed by atoms with Gasteiger partial charge in [-0.2, -0.15) is 0 Å². The number of nitrogens with zero attached hydrogens (tertiary/aromatic N) is 2. The molecule has 1 aromatic heterocycles. The molecule has 1 saturated heterocycles. The highest BCUT2D eigenvalue weighted by atomic mass is 32.1. The van der Waals surface area contributed by atoms with E-state index >= 15 is 0 Å². The lowest BCUT2D eigenvalue weighted by atomic mass is 10.1. The van der Waals surface area contributed by atoms with Crippen molar-refractivity contribution in [3.63, 3.8) is 0 Å². The van der Waals surface area contributed by atoms with Crippen LogP contribution in [0.1, 0.15) is 30.4 Å². The van der Waals surface area contributed by atoms with Crippen LogP contribution in [0.5, 0.6) is 11.6 Å². The van der Waals surface area contributed by atoms with Crippen LogP contribution in [0.25, 0.3) is 0 Å². The molecule has 0 radical (unpaired) electrons. The van der Waals surface area contributed by atoms with Gasteiger partial charge in [-0.1, -0.05) is 0 Å². The molecule has 3 rings (SSSR count). The first-order chi connectivity index (χ1) is 16.2. The molecule has 1 aromatic carbocycles. The maximum Gasteiger partial charge on any atom is 0.410 e. The second-order valence-corrected chi connectivity index (χ2v) is 8.65. The van der Waals surface area contributed by atoms with Crippen molar-refractivity contribution in [1.29, 1.82) is 0 Å². The van der Waals surface area contributed by atoms with E-state index in [0.29, 0.717) is 13.1 Å². The summed E-state index contributed by atoms with van der Waals surface area (Å²) in [6.07, 6.45) is 0.963. The number of benzene rings is 1. The summed E-state index contributed by atoms with van der Waals surface area (Å²) in [4.78, 5) is 25.7. The molecule has 1 unspecified atom stereocenters. The number of ether oxygens (including phenoxy) is 2. The van der Waals surface area contributed by atoms with Gasteiger partial charge in [0, 0.05) is 25.2 Å². The van der Waals surface area contributed by atoms with Crippen LogP contribution in [0.4, 0.5) is 23.4 Å². The monoisotopic (exact) mass is 499 g/mol. The van der Waals surface area contributed by atoms with Crippen molar-refractivity contribution in [2.24, 2.45) is 5.73 Å². The Morgan fingerprint density at radius 2 is 2.12 bits per heavy atom. The molecular weight excluding hydrogens is 472 g/mol. The number of nitrogens with one attached hydrogen (secondary N) is 2. The van der Waals surface area contributed by atoms with Crippen LogP contribution >= 0.6 is 11.5 Å². The van der Waals surface area contributed by atoms with Crippen molar-refractivity contribution in [3.05, 3.63) is 34.9 Å². The summed E-state index contributed by atoms with van der Waals surface area (Å²) in [6, 6.07) is 1.50. The molecular formula is C21H27F2N5O5S. The Morgan fingerprint density at radius 1 is 1.32 bits per heavy atom. The van der Waals surface area contributed by atoms with Crippen LogP contribution in [0, 0.1) is 18.6 Å². The average Bonchev–Trinajstić information content (AvgIpc) is 3.35. The third-order valence-electron chi connectivity index (χ3n) is 5.18. The summed E-state index contributed by atoms with van der Waals surface area (Å²) in [7, 11) is 0. The van der Waals surface area contributed by atoms with Crippen LogP contribution in [-0.4, -0.2) is 58.8 Å². The van der Waals surface area contributed by atoms with Gasteiger partial charge in [0.25, 0.3) is 5.88 Å². The number of rotatable bonds is 10. The number of hydrogen-bond donors (Lipinski definition) is 4. The third kappa shape index (κ3) is 7.23. The normalized spacial score (nSPS) is 15.8. The number of halogens is 2. The van der Waals surface area contributed by atoms with Crippen molar-refractivity contribution in [3.8, 4) is 11.6 Å². The molecule has 0 spiro atoms. The van der Waals surface area contributed by atoms with E-state index in [1.807, 2.05) is 0 Å². The first-order valence-electron chi connectivity index (χ1n) is 10.7. The molecule has 1 aliphatic heterocycles. The number of aromatic nitrogens is 1. The first kappa shape index (κ1) is 25.6. The summed E-state index contributed by atoms with van der Waals surface area (Å²) in [5.74, 6) is -1.69. The van der Waals surface area contributed by atoms with E-state index in [-0.39, 0.29) is 40.5 Å². The lowest BCUT2D eigenvalue weighted by Crippen LogP contribution is -2.30. The van der Waals surface area contributed by atoms with E-state index in [4.69, 9.17) is 15.2 Å². The topological polar surface area (TPSA) is 139 Å². The zero-order chi connectivity index (χ0) is 24.7. The predicted octanol–water partition coefficient (Wildman–Crippen LogP) is 2.73. The van der Waals surface area contributed by atoms with Crippen LogP contribution in [0.2, 0.25) is 0 Å². The SMILES string of the molecule is Cc1cc(F)c(COc2nsc(NC(=O)NCCCCN3CCC(O)C3)c2OC(N)=O)cc1F. The quantitative estimate of drug-likeness (QED) is 0.369. The summed E-state index contributed by atoms with van der Waals surface area (Å²) in [6.45, 7) is 3.86. The third-order valence-corrected chi connectivity index (χ3v) is 5.90. The highest BCUT2D eigenvalue weighted by Crippen LogP contribution is 2.39. The number of β-amino-alcohol motifs (C(OH)–C–C–N with tert-alkyl or cyclic N) is 1. The maximum atomic E-state index is 14.1. The van der Waals surface area contributed by atoms with Gasteiger partial charge in [-0.15, -0.1) is 4.37 Å². The Morgan fingerprint density at radius 3 is 2.82 bits per heavy atom. The summed E-state index contributed by atoms with van der Waals surface area (Å²) in [5.41, 5.74) is 5.19. The van der Waals surface area contributed by atoms with Gasteiger partial charge in [-0.05, 0) is 62.0 Å². The van der Waals surface area contributed by atoms with Gasteiger partial charge >= 0.3 is 12.1 Å². The summed E-state index contributed by atoms with van der Waals surface area (Å²) < 4.78 is 42.1. The number of amides is 3. The van der Waals surface area contributed by atoms with E-state index in [0.717, 1.165) is 56.0 Å². The van der Waals surface area contributed by atoms with Crippen LogP contribution in [-0.2, 0) is 6.61 Å². The van der Waals surface area contributed by atoms with E-state index in [1.165, 1.54) is 6.92 Å². The second-order valence-electron chi connectivity index (χ2n) is 7.88. The van der Waals surface area contributed by atoms with Crippen LogP contribution in [0.15, 0.2) is 12.1 Å². The molecule has 3 amide bonds. The Balaban J connectivity index is 1.52. The molecule has 1 atom stereocenters. The zero-order valence-electron chi connectivity index (χ0n) is 18.6. The fourth-order valence-electron chi connectivity index (χ4n) is 3.40. The fourth-order valence-corrected chi connectivity index (χ4v) is 4.06. The minimum absolute atomic E-state index is 0.0585. The Labute approximate surface area is 199 Å². The molecule has 1 fully saturated rings. The number of nitrogens with two attached hydrogens (primary N) is 1. The number of unbranched alkanes of at least 4 members (excludes halogenated alkanes) is 1. The van der Waals surface area contributed by atoms with Crippen LogP contribution in [0.3, 0.4) is 0 Å². The van der Waals surface area contributed by atoms with Crippen molar-refractivity contribution in [2.45, 2.75) is 38.9 Å². The number of aliphatic hydroxyl groups is 1. The predicted molar refractivity (Wildman–Crippen MR) is 121 cm³/mol. The number of primary amides is 1. The smallest absolute Gasteiger partial charge is 0.410 e. The molecule has 34 heavy (non-hydrogen) atoms. The Kier molecular flexibility index (Phi) is 8.96. The zero-order valence-corrected chi connectivity index (χ0v) is 19.4. The lowest BCUT2D eigenvalue weighted by molar-refractivity contribution is 0.176. The van der Waals surface area contributed by atoms with Gasteiger partial charge in [0.1, 0.15) is 18.2 Å². The van der Waals surface area contributed by atoms with Gasteiger partial charge in [0.05, 0.1) is 6.10 Å². The van der Waals surface area contributed by atoms with E-state index in [1.54, 1.807) is 0 Å². The number of hydrogen-bond acceptors (Lipinski definition) is 8. The second kappa shape index (κ2) is 11.9. The number of anilines is 1. The fraction of sp³-hybridized carbons (Fsp3) is 0.476.